The van der Waals surface area contributed by atoms with Gasteiger partial charge in [0.05, 0.1) is 0 Å². The Hall–Kier alpha value is -7.20. The van der Waals surface area contributed by atoms with Crippen molar-refractivity contribution in [3.8, 4) is 22.3 Å². The molecular formula is C54H39NOSi. The molecule has 0 saturated carbocycles. The van der Waals surface area contributed by atoms with Crippen LogP contribution >= 0.6 is 0 Å². The van der Waals surface area contributed by atoms with Crippen LogP contribution in [0.25, 0.3) is 44.2 Å². The molecule has 10 rings (SSSR count). The van der Waals surface area contributed by atoms with Crippen LogP contribution in [0.3, 0.4) is 0 Å². The summed E-state index contributed by atoms with van der Waals surface area (Å²) < 4.78 is 6.43. The zero-order valence-corrected chi connectivity index (χ0v) is 32.4. The Labute approximate surface area is 334 Å². The van der Waals surface area contributed by atoms with E-state index in [0.29, 0.717) is 0 Å². The number of benzene rings is 9. The average Bonchev–Trinajstić information content (AvgIpc) is 3.68. The van der Waals surface area contributed by atoms with Crippen molar-refractivity contribution in [2.24, 2.45) is 0 Å². The van der Waals surface area contributed by atoms with E-state index in [4.69, 9.17) is 4.42 Å². The Morgan fingerprint density at radius 1 is 0.298 bits per heavy atom. The zero-order chi connectivity index (χ0) is 38.0. The molecule has 0 spiro atoms. The molecule has 0 aliphatic heterocycles. The SMILES string of the molecule is c1ccc(-c2ccc(N(c3ccc(-c4cccc5c4oc4ccccc45)cc3)c3ccc([Si](c4ccccc4)(c4ccccc4)c4ccccc4)cc3)cc2)cc1. The molecule has 0 aliphatic rings. The van der Waals surface area contributed by atoms with Crippen LogP contribution < -0.4 is 25.6 Å². The third-order valence-electron chi connectivity index (χ3n) is 11.3. The number of para-hydroxylation sites is 2. The maximum Gasteiger partial charge on any atom is 0.179 e. The lowest BCUT2D eigenvalue weighted by Crippen LogP contribution is -2.74. The Bertz CT molecular complexity index is 2810. The minimum atomic E-state index is -2.67. The zero-order valence-electron chi connectivity index (χ0n) is 31.4. The smallest absolute Gasteiger partial charge is 0.179 e. The molecule has 0 atom stereocenters. The van der Waals surface area contributed by atoms with Crippen molar-refractivity contribution in [1.29, 1.82) is 0 Å². The predicted molar refractivity (Wildman–Crippen MR) is 243 cm³/mol. The molecule has 0 saturated heterocycles. The fourth-order valence-electron chi connectivity index (χ4n) is 8.57. The Balaban J connectivity index is 1.10. The van der Waals surface area contributed by atoms with Gasteiger partial charge in [0, 0.05) is 33.4 Å². The highest BCUT2D eigenvalue weighted by Gasteiger charge is 2.41. The Kier molecular flexibility index (Phi) is 8.90. The van der Waals surface area contributed by atoms with Gasteiger partial charge in [-0.2, -0.15) is 0 Å². The van der Waals surface area contributed by atoms with Crippen LogP contribution in [0.15, 0.2) is 241 Å². The van der Waals surface area contributed by atoms with Crippen LogP contribution in [0, 0.1) is 0 Å². The van der Waals surface area contributed by atoms with Crippen LogP contribution in [-0.4, -0.2) is 8.07 Å². The van der Waals surface area contributed by atoms with E-state index >= 15 is 0 Å². The molecular weight excluding hydrogens is 707 g/mol. The predicted octanol–water partition coefficient (Wildman–Crippen LogP) is 11.8. The van der Waals surface area contributed by atoms with Crippen LogP contribution in [0.4, 0.5) is 17.1 Å². The van der Waals surface area contributed by atoms with E-state index in [1.807, 2.05) is 12.1 Å². The highest BCUT2D eigenvalue weighted by Crippen LogP contribution is 2.39. The number of furan rings is 1. The molecule has 270 valence electrons. The van der Waals surface area contributed by atoms with Crippen LogP contribution in [-0.2, 0) is 0 Å². The van der Waals surface area contributed by atoms with E-state index in [1.54, 1.807) is 0 Å². The minimum absolute atomic E-state index is 0.906. The molecule has 0 bridgehead atoms. The van der Waals surface area contributed by atoms with Gasteiger partial charge >= 0.3 is 0 Å². The maximum absolute atomic E-state index is 6.43. The summed E-state index contributed by atoms with van der Waals surface area (Å²) in [5.74, 6) is 0. The van der Waals surface area contributed by atoms with Crippen molar-refractivity contribution in [2.75, 3.05) is 4.90 Å². The summed E-state index contributed by atoms with van der Waals surface area (Å²) in [5, 5.41) is 7.69. The third kappa shape index (κ3) is 6.15. The van der Waals surface area contributed by atoms with Gasteiger partial charge in [-0.05, 0) is 79.9 Å². The molecule has 3 heteroatoms. The van der Waals surface area contributed by atoms with Gasteiger partial charge in [0.25, 0.3) is 0 Å². The second kappa shape index (κ2) is 14.8. The van der Waals surface area contributed by atoms with Gasteiger partial charge in [-0.3, -0.25) is 0 Å². The topological polar surface area (TPSA) is 16.4 Å². The third-order valence-corrected chi connectivity index (χ3v) is 16.0. The molecule has 2 nitrogen and oxygen atoms in total. The van der Waals surface area contributed by atoms with Crippen molar-refractivity contribution in [2.45, 2.75) is 0 Å². The molecule has 0 amide bonds. The quantitative estimate of drug-likeness (QED) is 0.108. The first-order chi connectivity index (χ1) is 28.3. The van der Waals surface area contributed by atoms with Crippen molar-refractivity contribution in [3.63, 3.8) is 0 Å². The van der Waals surface area contributed by atoms with Gasteiger partial charge in [0.15, 0.2) is 8.07 Å². The van der Waals surface area contributed by atoms with Gasteiger partial charge in [-0.1, -0.05) is 194 Å². The largest absolute Gasteiger partial charge is 0.455 e. The number of anilines is 3. The van der Waals surface area contributed by atoms with Gasteiger partial charge in [0.1, 0.15) is 11.2 Å². The van der Waals surface area contributed by atoms with Crippen LogP contribution in [0.1, 0.15) is 0 Å². The monoisotopic (exact) mass is 745 g/mol. The number of hydrogen-bond donors (Lipinski definition) is 0. The molecule has 10 aromatic rings. The van der Waals surface area contributed by atoms with Crippen LogP contribution in [0.2, 0.25) is 0 Å². The van der Waals surface area contributed by atoms with Crippen molar-refractivity contribution < 1.29 is 4.42 Å². The first kappa shape index (κ1) is 34.3. The Morgan fingerprint density at radius 2 is 0.702 bits per heavy atom. The number of fused-ring (bicyclic) bond motifs is 3. The number of nitrogens with zero attached hydrogens (tertiary/aromatic N) is 1. The Morgan fingerprint density at radius 3 is 1.25 bits per heavy atom. The van der Waals surface area contributed by atoms with E-state index in [-0.39, 0.29) is 0 Å². The van der Waals surface area contributed by atoms with Gasteiger partial charge in [-0.15, -0.1) is 0 Å². The molecule has 9 aromatic carbocycles. The molecule has 0 N–H and O–H groups in total. The summed E-state index contributed by atoms with van der Waals surface area (Å²) in [6, 6.07) is 85.7. The van der Waals surface area contributed by atoms with Crippen LogP contribution in [0.5, 0.6) is 0 Å². The lowest BCUT2D eigenvalue weighted by atomic mass is 10.0. The summed E-state index contributed by atoms with van der Waals surface area (Å²) in [7, 11) is -2.67. The summed E-state index contributed by atoms with van der Waals surface area (Å²) >= 11 is 0. The van der Waals surface area contributed by atoms with E-state index in [0.717, 1.165) is 50.1 Å². The second-order valence-corrected chi connectivity index (χ2v) is 18.3. The average molecular weight is 746 g/mol. The van der Waals surface area contributed by atoms with Gasteiger partial charge in [0.2, 0.25) is 0 Å². The van der Waals surface area contributed by atoms with E-state index in [2.05, 4.69) is 229 Å². The van der Waals surface area contributed by atoms with Crippen molar-refractivity contribution in [3.05, 3.63) is 237 Å². The highest BCUT2D eigenvalue weighted by atomic mass is 28.3. The maximum atomic E-state index is 6.43. The lowest BCUT2D eigenvalue weighted by Gasteiger charge is -2.35. The fourth-order valence-corrected chi connectivity index (χ4v) is 13.3. The van der Waals surface area contributed by atoms with E-state index in [9.17, 15) is 0 Å². The minimum Gasteiger partial charge on any atom is -0.455 e. The normalized spacial score (nSPS) is 11.5. The summed E-state index contributed by atoms with van der Waals surface area (Å²) in [5.41, 5.74) is 9.67. The first-order valence-electron chi connectivity index (χ1n) is 19.5. The van der Waals surface area contributed by atoms with E-state index < -0.39 is 8.07 Å². The molecule has 1 aromatic heterocycles. The molecule has 0 unspecified atom stereocenters. The number of rotatable bonds is 9. The molecule has 1 heterocycles. The van der Waals surface area contributed by atoms with Crippen molar-refractivity contribution in [1.82, 2.24) is 0 Å². The molecule has 0 fully saturated rings. The first-order valence-corrected chi connectivity index (χ1v) is 21.5. The molecule has 0 radical (unpaired) electrons. The second-order valence-electron chi connectivity index (χ2n) is 14.5. The lowest BCUT2D eigenvalue weighted by molar-refractivity contribution is 0.670. The molecule has 57 heavy (non-hydrogen) atoms. The highest BCUT2D eigenvalue weighted by molar-refractivity contribution is 7.19. The van der Waals surface area contributed by atoms with Gasteiger partial charge in [-0.25, -0.2) is 0 Å². The summed E-state index contributed by atoms with van der Waals surface area (Å²) in [6.45, 7) is 0. The standard InChI is InChI=1S/C54H39NOSi/c1-5-16-40(17-6-1)41-28-32-43(33-29-41)55(44-34-30-42(31-35-44)50-25-15-26-52-51-24-13-14-27-53(51)56-54(50)52)45-36-38-49(39-37-45)57(46-18-7-2-8-19-46,47-20-9-3-10-21-47)48-22-11-4-12-23-48/h1-39H. The summed E-state index contributed by atoms with van der Waals surface area (Å²) in [6.07, 6.45) is 0. The van der Waals surface area contributed by atoms with Crippen molar-refractivity contribution >= 4 is 67.8 Å². The van der Waals surface area contributed by atoms with E-state index in [1.165, 1.54) is 31.9 Å². The van der Waals surface area contributed by atoms with Gasteiger partial charge < -0.3 is 9.32 Å². The molecule has 0 aliphatic carbocycles. The fraction of sp³-hybridized carbons (Fsp3) is 0. The summed E-state index contributed by atoms with van der Waals surface area (Å²) in [4.78, 5) is 2.36. The number of hydrogen-bond acceptors (Lipinski definition) is 2.